The van der Waals surface area contributed by atoms with E-state index < -0.39 is 11.4 Å². The average Bonchev–Trinajstić information content (AvgIpc) is 2.63. The Morgan fingerprint density at radius 3 is 2.69 bits per heavy atom. The first-order valence-corrected chi connectivity index (χ1v) is 6.74. The van der Waals surface area contributed by atoms with Crippen LogP contribution in [0.15, 0.2) is 0 Å². The number of carbonyl (C=O) groups is 2. The van der Waals surface area contributed by atoms with Crippen LogP contribution in [0, 0.1) is 5.41 Å². The molecule has 1 N–H and O–H groups in total. The van der Waals surface area contributed by atoms with Crippen LogP contribution in [0.1, 0.15) is 26.7 Å². The summed E-state index contributed by atoms with van der Waals surface area (Å²) in [7, 11) is 0. The van der Waals surface area contributed by atoms with Crippen molar-refractivity contribution in [1.29, 1.82) is 0 Å². The second kappa shape index (κ2) is 5.57. The summed E-state index contributed by atoms with van der Waals surface area (Å²) in [4.78, 5) is 24.4. The number of amides is 1. The second-order valence-electron chi connectivity index (χ2n) is 4.38. The minimum atomic E-state index is -0.800. The fourth-order valence-electron chi connectivity index (χ4n) is 1.81. The molecule has 1 fully saturated rings. The Hall–Kier alpha value is -0.710. The summed E-state index contributed by atoms with van der Waals surface area (Å²) >= 11 is 1.74. The predicted molar refractivity (Wildman–Crippen MR) is 64.6 cm³/mol. The van der Waals surface area contributed by atoms with Crippen molar-refractivity contribution in [2.75, 3.05) is 24.6 Å². The number of carboxylic acids is 1. The molecule has 0 saturated carbocycles. The Bertz CT molecular complexity index is 282. The monoisotopic (exact) mass is 245 g/mol. The smallest absolute Gasteiger partial charge is 0.311 e. The normalized spacial score (nSPS) is 24.8. The molecule has 4 nitrogen and oxygen atoms in total. The highest BCUT2D eigenvalue weighted by molar-refractivity contribution is 7.99. The maximum atomic E-state index is 11.8. The van der Waals surface area contributed by atoms with E-state index in [0.717, 1.165) is 11.5 Å². The molecule has 0 spiro atoms. The number of nitrogens with zero attached hydrogens (tertiary/aromatic N) is 1. The van der Waals surface area contributed by atoms with Gasteiger partial charge in [0.15, 0.2) is 0 Å². The number of carbonyl (C=O) groups excluding carboxylic acids is 1. The van der Waals surface area contributed by atoms with Crippen molar-refractivity contribution < 1.29 is 14.7 Å². The number of thioether (sulfide) groups is 1. The highest BCUT2D eigenvalue weighted by Crippen LogP contribution is 2.30. The molecule has 5 heteroatoms. The van der Waals surface area contributed by atoms with Crippen molar-refractivity contribution in [2.45, 2.75) is 26.7 Å². The van der Waals surface area contributed by atoms with Crippen LogP contribution in [0.4, 0.5) is 0 Å². The van der Waals surface area contributed by atoms with Gasteiger partial charge < -0.3 is 10.0 Å². The number of hydrogen-bond donors (Lipinski definition) is 1. The third-order valence-electron chi connectivity index (χ3n) is 3.01. The molecule has 1 aliphatic heterocycles. The quantitative estimate of drug-likeness (QED) is 0.745. The molecule has 1 heterocycles. The lowest BCUT2D eigenvalue weighted by Gasteiger charge is -2.20. The fraction of sp³-hybridized carbons (Fsp3) is 0.818. The SMILES string of the molecule is CCSCCC(=O)N1CCC(C)(C(=O)O)C1. The summed E-state index contributed by atoms with van der Waals surface area (Å²) in [6.07, 6.45) is 1.09. The van der Waals surface area contributed by atoms with Gasteiger partial charge in [-0.15, -0.1) is 0 Å². The van der Waals surface area contributed by atoms with E-state index in [9.17, 15) is 9.59 Å². The van der Waals surface area contributed by atoms with Crippen LogP contribution in [0.2, 0.25) is 0 Å². The van der Waals surface area contributed by atoms with Gasteiger partial charge in [0.2, 0.25) is 5.91 Å². The molecular formula is C11H19NO3S. The Morgan fingerprint density at radius 1 is 1.50 bits per heavy atom. The Morgan fingerprint density at radius 2 is 2.19 bits per heavy atom. The van der Waals surface area contributed by atoms with Gasteiger partial charge in [-0.05, 0) is 19.1 Å². The summed E-state index contributed by atoms with van der Waals surface area (Å²) in [5, 5.41) is 9.04. The van der Waals surface area contributed by atoms with Crippen LogP contribution < -0.4 is 0 Å². The standard InChI is InChI=1S/C11H19NO3S/c1-3-16-7-4-9(13)12-6-5-11(2,8-12)10(14)15/h3-8H2,1-2H3,(H,14,15). The molecule has 1 rings (SSSR count). The number of carboxylic acid groups (broad SMARTS) is 1. The third kappa shape index (κ3) is 3.14. The fourth-order valence-corrected chi connectivity index (χ4v) is 2.42. The molecule has 0 aromatic carbocycles. The maximum Gasteiger partial charge on any atom is 0.311 e. The van der Waals surface area contributed by atoms with Crippen molar-refractivity contribution in [1.82, 2.24) is 4.90 Å². The van der Waals surface area contributed by atoms with Crippen molar-refractivity contribution >= 4 is 23.6 Å². The molecule has 1 atom stereocenters. The molecule has 0 aromatic rings. The second-order valence-corrected chi connectivity index (χ2v) is 5.77. The van der Waals surface area contributed by atoms with E-state index in [1.807, 2.05) is 0 Å². The highest BCUT2D eigenvalue weighted by Gasteiger charge is 2.41. The zero-order valence-corrected chi connectivity index (χ0v) is 10.7. The van der Waals surface area contributed by atoms with Crippen LogP contribution in [-0.4, -0.2) is 46.5 Å². The Balaban J connectivity index is 2.41. The Labute approximate surface area is 100 Å². The van der Waals surface area contributed by atoms with E-state index in [0.29, 0.717) is 25.9 Å². The molecule has 0 aliphatic carbocycles. The Kier molecular flexibility index (Phi) is 4.65. The first-order chi connectivity index (χ1) is 7.49. The van der Waals surface area contributed by atoms with Crippen molar-refractivity contribution in [3.63, 3.8) is 0 Å². The number of likely N-dealkylation sites (tertiary alicyclic amines) is 1. The van der Waals surface area contributed by atoms with Crippen LogP contribution in [-0.2, 0) is 9.59 Å². The predicted octanol–water partition coefficient (Wildman–Crippen LogP) is 1.45. The summed E-state index contributed by atoms with van der Waals surface area (Å²) < 4.78 is 0. The topological polar surface area (TPSA) is 57.6 Å². The van der Waals surface area contributed by atoms with Gasteiger partial charge in [0.1, 0.15) is 0 Å². The van der Waals surface area contributed by atoms with Gasteiger partial charge in [0.05, 0.1) is 5.41 Å². The summed E-state index contributed by atoms with van der Waals surface area (Å²) in [6.45, 7) is 4.71. The van der Waals surface area contributed by atoms with Crippen molar-refractivity contribution in [3.05, 3.63) is 0 Å². The van der Waals surface area contributed by atoms with Gasteiger partial charge in [0.25, 0.3) is 0 Å². The lowest BCUT2D eigenvalue weighted by molar-refractivity contribution is -0.147. The molecule has 1 aliphatic rings. The molecule has 0 bridgehead atoms. The third-order valence-corrected chi connectivity index (χ3v) is 3.91. The van der Waals surface area contributed by atoms with Crippen molar-refractivity contribution in [2.24, 2.45) is 5.41 Å². The molecule has 0 aromatic heterocycles. The van der Waals surface area contributed by atoms with Gasteiger partial charge in [-0.3, -0.25) is 9.59 Å². The zero-order chi connectivity index (χ0) is 12.2. The summed E-state index contributed by atoms with van der Waals surface area (Å²) in [5.41, 5.74) is -0.743. The van der Waals surface area contributed by atoms with Crippen molar-refractivity contribution in [3.8, 4) is 0 Å². The summed E-state index contributed by atoms with van der Waals surface area (Å²) in [6, 6.07) is 0. The van der Waals surface area contributed by atoms with E-state index in [4.69, 9.17) is 5.11 Å². The molecule has 1 saturated heterocycles. The van der Waals surface area contributed by atoms with Crippen LogP contribution >= 0.6 is 11.8 Å². The first-order valence-electron chi connectivity index (χ1n) is 5.58. The van der Waals surface area contributed by atoms with Gasteiger partial charge in [0, 0.05) is 25.3 Å². The van der Waals surface area contributed by atoms with Crippen LogP contribution in [0.25, 0.3) is 0 Å². The minimum absolute atomic E-state index is 0.0888. The van der Waals surface area contributed by atoms with Gasteiger partial charge in [-0.25, -0.2) is 0 Å². The van der Waals surface area contributed by atoms with Gasteiger partial charge >= 0.3 is 5.97 Å². The highest BCUT2D eigenvalue weighted by atomic mass is 32.2. The zero-order valence-electron chi connectivity index (χ0n) is 9.86. The lowest BCUT2D eigenvalue weighted by atomic mass is 9.90. The number of hydrogen-bond acceptors (Lipinski definition) is 3. The van der Waals surface area contributed by atoms with Gasteiger partial charge in [-0.2, -0.15) is 11.8 Å². The van der Waals surface area contributed by atoms with Crippen LogP contribution in [0.3, 0.4) is 0 Å². The lowest BCUT2D eigenvalue weighted by Crippen LogP contribution is -2.35. The first kappa shape index (κ1) is 13.4. The largest absolute Gasteiger partial charge is 0.481 e. The van der Waals surface area contributed by atoms with E-state index in [2.05, 4.69) is 6.92 Å². The molecule has 16 heavy (non-hydrogen) atoms. The van der Waals surface area contributed by atoms with Gasteiger partial charge in [-0.1, -0.05) is 6.92 Å². The van der Waals surface area contributed by atoms with E-state index >= 15 is 0 Å². The van der Waals surface area contributed by atoms with Crippen LogP contribution in [0.5, 0.6) is 0 Å². The van der Waals surface area contributed by atoms with E-state index in [-0.39, 0.29) is 5.91 Å². The number of rotatable bonds is 5. The minimum Gasteiger partial charge on any atom is -0.481 e. The average molecular weight is 245 g/mol. The van der Waals surface area contributed by atoms with E-state index in [1.165, 1.54) is 0 Å². The maximum absolute atomic E-state index is 11.8. The molecular weight excluding hydrogens is 226 g/mol. The summed E-state index contributed by atoms with van der Waals surface area (Å²) in [5.74, 6) is 1.13. The molecule has 92 valence electrons. The molecule has 1 amide bonds. The molecule has 0 radical (unpaired) electrons. The number of aliphatic carboxylic acids is 1. The van der Waals surface area contributed by atoms with E-state index in [1.54, 1.807) is 23.6 Å². The molecule has 1 unspecified atom stereocenters.